The molecule has 2 aliphatic heterocycles. The maximum atomic E-state index is 12.6. The molecule has 0 spiro atoms. The predicted molar refractivity (Wildman–Crippen MR) is 80.7 cm³/mol. The van der Waals surface area contributed by atoms with E-state index in [2.05, 4.69) is 4.99 Å². The van der Waals surface area contributed by atoms with Crippen molar-refractivity contribution < 1.29 is 4.79 Å². The Labute approximate surface area is 119 Å². The average molecular weight is 269 g/mol. The van der Waals surface area contributed by atoms with Crippen LogP contribution in [0.4, 0.5) is 5.69 Å². The number of amides is 1. The van der Waals surface area contributed by atoms with Crippen LogP contribution in [-0.4, -0.2) is 29.7 Å². The van der Waals surface area contributed by atoms with E-state index in [0.29, 0.717) is 12.3 Å². The van der Waals surface area contributed by atoms with Crippen LogP contribution in [0, 0.1) is 0 Å². The number of hydrogen-bond acceptors (Lipinski definition) is 3. The fourth-order valence-corrected chi connectivity index (χ4v) is 2.78. The van der Waals surface area contributed by atoms with Gasteiger partial charge in [-0.15, -0.1) is 0 Å². The zero-order valence-electron chi connectivity index (χ0n) is 11.5. The lowest BCUT2D eigenvalue weighted by Crippen LogP contribution is -2.37. The Kier molecular flexibility index (Phi) is 3.54. The van der Waals surface area contributed by atoms with Crippen molar-refractivity contribution in [2.24, 2.45) is 10.7 Å². The highest BCUT2D eigenvalue weighted by molar-refractivity contribution is 6.05. The van der Waals surface area contributed by atoms with E-state index in [-0.39, 0.29) is 5.91 Å². The number of benzene rings is 1. The molecule has 1 fully saturated rings. The molecule has 0 unspecified atom stereocenters. The highest BCUT2D eigenvalue weighted by Gasteiger charge is 2.22. The molecule has 3 rings (SSSR count). The number of hydrogen-bond donors (Lipinski definition) is 1. The zero-order chi connectivity index (χ0) is 13.9. The molecule has 20 heavy (non-hydrogen) atoms. The molecule has 0 atom stereocenters. The number of rotatable bonds is 1. The summed E-state index contributed by atoms with van der Waals surface area (Å²) in [4.78, 5) is 18.9. The number of amidine groups is 1. The molecule has 1 aromatic rings. The van der Waals surface area contributed by atoms with Crippen molar-refractivity contribution in [2.75, 3.05) is 13.1 Å². The molecular weight excluding hydrogens is 250 g/mol. The molecule has 0 aliphatic carbocycles. The Morgan fingerprint density at radius 3 is 2.70 bits per heavy atom. The molecule has 2 heterocycles. The highest BCUT2D eigenvalue weighted by Crippen LogP contribution is 2.27. The minimum Gasteiger partial charge on any atom is -0.387 e. The van der Waals surface area contributed by atoms with Crippen molar-refractivity contribution in [3.63, 3.8) is 0 Å². The molecule has 0 saturated carbocycles. The standard InChI is InChI=1S/C16H19N3O/c17-15-11-13(16(20)19-8-4-1-5-9-19)10-12-6-2-3-7-14(12)18-15/h2-3,6-7,10H,1,4-5,8-9,11H2,(H2,17,18). The van der Waals surface area contributed by atoms with Gasteiger partial charge in [0.1, 0.15) is 5.84 Å². The number of aliphatic imine (C=N–C) groups is 1. The first-order valence-corrected chi connectivity index (χ1v) is 7.16. The largest absolute Gasteiger partial charge is 0.387 e. The van der Waals surface area contributed by atoms with Crippen LogP contribution in [0.2, 0.25) is 0 Å². The van der Waals surface area contributed by atoms with Gasteiger partial charge in [0.05, 0.1) is 5.69 Å². The van der Waals surface area contributed by atoms with Crippen LogP contribution in [0.15, 0.2) is 34.8 Å². The van der Waals surface area contributed by atoms with Gasteiger partial charge in [0.25, 0.3) is 0 Å². The van der Waals surface area contributed by atoms with Crippen LogP contribution in [0.25, 0.3) is 6.08 Å². The monoisotopic (exact) mass is 269 g/mol. The van der Waals surface area contributed by atoms with Crippen molar-refractivity contribution in [3.05, 3.63) is 35.4 Å². The Bertz CT molecular complexity index is 583. The molecule has 4 nitrogen and oxygen atoms in total. The molecule has 1 amide bonds. The SMILES string of the molecule is NC1=Nc2ccccc2C=C(C(=O)N2CCCCC2)C1. The van der Waals surface area contributed by atoms with Gasteiger partial charge in [0.15, 0.2) is 0 Å². The Morgan fingerprint density at radius 2 is 1.90 bits per heavy atom. The third-order valence-corrected chi connectivity index (χ3v) is 3.82. The Hall–Kier alpha value is -2.10. The number of para-hydroxylation sites is 1. The topological polar surface area (TPSA) is 58.7 Å². The lowest BCUT2D eigenvalue weighted by Gasteiger charge is -2.27. The van der Waals surface area contributed by atoms with Crippen molar-refractivity contribution in [1.29, 1.82) is 0 Å². The van der Waals surface area contributed by atoms with Crippen LogP contribution in [0.5, 0.6) is 0 Å². The number of fused-ring (bicyclic) bond motifs is 1. The molecule has 104 valence electrons. The number of likely N-dealkylation sites (tertiary alicyclic amines) is 1. The lowest BCUT2D eigenvalue weighted by atomic mass is 10.0. The summed E-state index contributed by atoms with van der Waals surface area (Å²) in [5.74, 6) is 0.617. The molecule has 1 aromatic carbocycles. The van der Waals surface area contributed by atoms with Crippen molar-refractivity contribution in [1.82, 2.24) is 4.90 Å². The Balaban J connectivity index is 1.92. The normalized spacial score (nSPS) is 18.7. The van der Waals surface area contributed by atoms with E-state index in [1.54, 1.807) is 0 Å². The van der Waals surface area contributed by atoms with Crippen molar-refractivity contribution >= 4 is 23.5 Å². The molecule has 1 saturated heterocycles. The molecule has 0 aromatic heterocycles. The highest BCUT2D eigenvalue weighted by atomic mass is 16.2. The minimum atomic E-state index is 0.111. The van der Waals surface area contributed by atoms with Gasteiger partial charge in [-0.1, -0.05) is 18.2 Å². The van der Waals surface area contributed by atoms with Crippen LogP contribution >= 0.6 is 0 Å². The first-order valence-electron chi connectivity index (χ1n) is 7.16. The maximum Gasteiger partial charge on any atom is 0.250 e. The van der Waals surface area contributed by atoms with E-state index >= 15 is 0 Å². The van der Waals surface area contributed by atoms with E-state index in [9.17, 15) is 4.79 Å². The number of nitrogens with two attached hydrogens (primary N) is 1. The van der Waals surface area contributed by atoms with Crippen molar-refractivity contribution in [3.8, 4) is 0 Å². The summed E-state index contributed by atoms with van der Waals surface area (Å²) in [6, 6.07) is 7.78. The van der Waals surface area contributed by atoms with Gasteiger partial charge in [-0.25, -0.2) is 4.99 Å². The van der Waals surface area contributed by atoms with Gasteiger partial charge in [0.2, 0.25) is 5.91 Å². The summed E-state index contributed by atoms with van der Waals surface area (Å²) in [6.07, 6.45) is 5.78. The predicted octanol–water partition coefficient (Wildman–Crippen LogP) is 2.47. The van der Waals surface area contributed by atoms with Gasteiger partial charge >= 0.3 is 0 Å². The quantitative estimate of drug-likeness (QED) is 0.851. The molecule has 4 heteroatoms. The number of piperidine rings is 1. The van der Waals surface area contributed by atoms with E-state index in [4.69, 9.17) is 5.73 Å². The zero-order valence-corrected chi connectivity index (χ0v) is 11.5. The first kappa shape index (κ1) is 12.9. The number of carbonyl (C=O) groups is 1. The number of carbonyl (C=O) groups excluding carboxylic acids is 1. The maximum absolute atomic E-state index is 12.6. The van der Waals surface area contributed by atoms with Gasteiger partial charge in [0, 0.05) is 30.6 Å². The molecule has 2 aliphatic rings. The lowest BCUT2D eigenvalue weighted by molar-refractivity contribution is -0.127. The summed E-state index contributed by atoms with van der Waals surface area (Å²) in [5, 5.41) is 0. The second-order valence-electron chi connectivity index (χ2n) is 5.36. The fraction of sp³-hybridized carbons (Fsp3) is 0.375. The summed E-state index contributed by atoms with van der Waals surface area (Å²) in [6.45, 7) is 1.71. The van der Waals surface area contributed by atoms with Crippen LogP contribution in [0.3, 0.4) is 0 Å². The fourth-order valence-electron chi connectivity index (χ4n) is 2.78. The summed E-state index contributed by atoms with van der Waals surface area (Å²) < 4.78 is 0. The first-order chi connectivity index (χ1) is 9.74. The van der Waals surface area contributed by atoms with Gasteiger partial charge < -0.3 is 10.6 Å². The Morgan fingerprint density at radius 1 is 1.15 bits per heavy atom. The van der Waals surface area contributed by atoms with Crippen LogP contribution in [-0.2, 0) is 4.79 Å². The van der Waals surface area contributed by atoms with E-state index < -0.39 is 0 Å². The van der Waals surface area contributed by atoms with Crippen molar-refractivity contribution in [2.45, 2.75) is 25.7 Å². The van der Waals surface area contributed by atoms with Gasteiger partial charge in [-0.05, 0) is 31.4 Å². The molecule has 0 bridgehead atoms. The van der Waals surface area contributed by atoms with E-state index in [1.165, 1.54) is 6.42 Å². The summed E-state index contributed by atoms with van der Waals surface area (Å²) in [5.41, 5.74) is 8.50. The van der Waals surface area contributed by atoms with Gasteiger partial charge in [-0.3, -0.25) is 4.79 Å². The van der Waals surface area contributed by atoms with Crippen LogP contribution < -0.4 is 5.73 Å². The number of nitrogens with zero attached hydrogens (tertiary/aromatic N) is 2. The van der Waals surface area contributed by atoms with E-state index in [0.717, 1.165) is 42.8 Å². The van der Waals surface area contributed by atoms with Crippen LogP contribution in [0.1, 0.15) is 31.2 Å². The summed E-state index contributed by atoms with van der Waals surface area (Å²) >= 11 is 0. The molecule has 0 radical (unpaired) electrons. The average Bonchev–Trinajstić information content (AvgIpc) is 2.65. The second-order valence-corrected chi connectivity index (χ2v) is 5.36. The van der Waals surface area contributed by atoms with E-state index in [1.807, 2.05) is 35.2 Å². The second kappa shape index (κ2) is 5.49. The van der Waals surface area contributed by atoms with Gasteiger partial charge in [-0.2, -0.15) is 0 Å². The third kappa shape index (κ3) is 2.59. The third-order valence-electron chi connectivity index (χ3n) is 3.82. The molecular formula is C16H19N3O. The smallest absolute Gasteiger partial charge is 0.250 e. The summed E-state index contributed by atoms with van der Waals surface area (Å²) in [7, 11) is 0. The molecule has 2 N–H and O–H groups in total. The minimum absolute atomic E-state index is 0.111.